The number of carbonyl (C=O) groups excluding carboxylic acids is 3. The Balaban J connectivity index is 1.25. The molecule has 4 aromatic carbocycles. The largest absolute Gasteiger partial charge is 0.324 e. The molecule has 5 nitrogen and oxygen atoms in total. The van der Waals surface area contributed by atoms with Gasteiger partial charge in [-0.25, -0.2) is 0 Å². The topological polar surface area (TPSA) is 66.5 Å². The summed E-state index contributed by atoms with van der Waals surface area (Å²) in [7, 11) is 0. The molecule has 1 N–H and O–H groups in total. The summed E-state index contributed by atoms with van der Waals surface area (Å²) in [5.41, 5.74) is 4.85. The Labute approximate surface area is 216 Å². The van der Waals surface area contributed by atoms with Gasteiger partial charge in [-0.15, -0.1) is 0 Å². The number of carbonyl (C=O) groups is 3. The molecule has 4 aromatic rings. The second kappa shape index (κ2) is 7.61. The molecule has 1 aliphatic heterocycles. The van der Waals surface area contributed by atoms with Crippen LogP contribution >= 0.6 is 15.9 Å². The summed E-state index contributed by atoms with van der Waals surface area (Å²) < 4.78 is -0.812. The van der Waals surface area contributed by atoms with E-state index in [-0.39, 0.29) is 24.3 Å². The number of anilines is 1. The van der Waals surface area contributed by atoms with Crippen molar-refractivity contribution < 1.29 is 14.4 Å². The number of benzene rings is 4. The van der Waals surface area contributed by atoms with Gasteiger partial charge in [0.2, 0.25) is 17.7 Å². The van der Waals surface area contributed by atoms with Gasteiger partial charge in [0.15, 0.2) is 0 Å². The van der Waals surface area contributed by atoms with Crippen LogP contribution in [0.1, 0.15) is 28.2 Å². The fourth-order valence-electron chi connectivity index (χ4n) is 6.56. The van der Waals surface area contributed by atoms with Gasteiger partial charge < -0.3 is 5.32 Å². The van der Waals surface area contributed by atoms with Gasteiger partial charge in [0, 0.05) is 17.0 Å². The number of nitrogens with one attached hydrogen (secondary N) is 1. The predicted octanol–water partition coefficient (Wildman–Crippen LogP) is 5.18. The van der Waals surface area contributed by atoms with Crippen molar-refractivity contribution in [3.8, 4) is 0 Å². The maximum absolute atomic E-state index is 13.9. The second-order valence-corrected chi connectivity index (χ2v) is 11.0. The molecule has 0 unspecified atom stereocenters. The van der Waals surface area contributed by atoms with Crippen molar-refractivity contribution >= 4 is 50.1 Å². The lowest BCUT2D eigenvalue weighted by Gasteiger charge is -2.51. The zero-order chi connectivity index (χ0) is 24.6. The van der Waals surface area contributed by atoms with E-state index in [9.17, 15) is 14.4 Å². The highest BCUT2D eigenvalue weighted by Gasteiger charge is 2.67. The number of nitrogens with zero attached hydrogens (tertiary/aromatic N) is 1. The molecular weight excluding hydrogens is 516 g/mol. The molecule has 176 valence electrons. The Kier molecular flexibility index (Phi) is 4.55. The van der Waals surface area contributed by atoms with Crippen molar-refractivity contribution in [2.24, 2.45) is 11.8 Å². The van der Waals surface area contributed by atoms with Crippen LogP contribution in [0.25, 0.3) is 10.8 Å². The van der Waals surface area contributed by atoms with E-state index in [2.05, 4.69) is 33.4 Å². The second-order valence-electron chi connectivity index (χ2n) is 9.70. The minimum atomic E-state index is -0.812. The van der Waals surface area contributed by atoms with Crippen molar-refractivity contribution in [2.75, 3.05) is 11.9 Å². The highest BCUT2D eigenvalue weighted by molar-refractivity contribution is 9.09. The molecule has 2 bridgehead atoms. The first kappa shape index (κ1) is 21.5. The van der Waals surface area contributed by atoms with Crippen LogP contribution in [-0.4, -0.2) is 29.2 Å². The quantitative estimate of drug-likeness (QED) is 0.290. The average molecular weight is 537 g/mol. The summed E-state index contributed by atoms with van der Waals surface area (Å²) in [5, 5.41) is 4.83. The van der Waals surface area contributed by atoms with Crippen LogP contribution in [0.2, 0.25) is 0 Å². The number of imide groups is 1. The van der Waals surface area contributed by atoms with E-state index >= 15 is 0 Å². The van der Waals surface area contributed by atoms with Crippen LogP contribution in [0.5, 0.6) is 0 Å². The van der Waals surface area contributed by atoms with Gasteiger partial charge in [0.1, 0.15) is 6.54 Å². The number of amides is 3. The van der Waals surface area contributed by atoms with Crippen molar-refractivity contribution in [3.63, 3.8) is 0 Å². The zero-order valence-corrected chi connectivity index (χ0v) is 20.7. The van der Waals surface area contributed by atoms with Crippen LogP contribution in [0.4, 0.5) is 5.69 Å². The lowest BCUT2D eigenvalue weighted by Crippen LogP contribution is -2.50. The summed E-state index contributed by atoms with van der Waals surface area (Å²) in [6.07, 6.45) is 0. The van der Waals surface area contributed by atoms with Crippen molar-refractivity contribution in [3.05, 3.63) is 113 Å². The summed E-state index contributed by atoms with van der Waals surface area (Å²) in [5.74, 6) is -2.35. The monoisotopic (exact) mass is 536 g/mol. The van der Waals surface area contributed by atoms with Crippen molar-refractivity contribution in [2.45, 2.75) is 10.2 Å². The summed E-state index contributed by atoms with van der Waals surface area (Å²) in [6.45, 7) is -0.309. The first-order valence-electron chi connectivity index (χ1n) is 12.0. The van der Waals surface area contributed by atoms with E-state index < -0.39 is 22.1 Å². The third kappa shape index (κ3) is 2.73. The highest BCUT2D eigenvalue weighted by Crippen LogP contribution is 2.66. The molecule has 0 aromatic heterocycles. The number of likely N-dealkylation sites (tertiary alicyclic amines) is 1. The maximum Gasteiger partial charge on any atom is 0.244 e. The normalized spacial score (nSPS) is 25.5. The molecular formula is C30H21BrN2O3. The molecule has 3 aliphatic carbocycles. The maximum atomic E-state index is 13.9. The van der Waals surface area contributed by atoms with Gasteiger partial charge in [0.05, 0.1) is 16.2 Å². The summed E-state index contributed by atoms with van der Waals surface area (Å²) >= 11 is 3.98. The zero-order valence-electron chi connectivity index (χ0n) is 19.1. The molecule has 1 heterocycles. The highest BCUT2D eigenvalue weighted by atomic mass is 79.9. The third-order valence-electron chi connectivity index (χ3n) is 7.97. The predicted molar refractivity (Wildman–Crippen MR) is 141 cm³/mol. The van der Waals surface area contributed by atoms with E-state index in [1.165, 1.54) is 0 Å². The van der Waals surface area contributed by atoms with Crippen LogP contribution < -0.4 is 5.32 Å². The number of hydrogen-bond acceptors (Lipinski definition) is 3. The SMILES string of the molecule is O=C(CN1C(=O)[C@H]2C3c4ccccc4C(Br)(c4ccccc43)[C@H]2C1=O)Nc1cccc2ccccc12. The molecule has 0 spiro atoms. The first-order valence-corrected chi connectivity index (χ1v) is 12.8. The van der Waals surface area contributed by atoms with Crippen LogP contribution in [-0.2, 0) is 18.7 Å². The van der Waals surface area contributed by atoms with Crippen molar-refractivity contribution in [1.82, 2.24) is 4.90 Å². The lowest BCUT2D eigenvalue weighted by molar-refractivity contribution is -0.142. The molecule has 36 heavy (non-hydrogen) atoms. The molecule has 3 amide bonds. The minimum absolute atomic E-state index is 0.218. The summed E-state index contributed by atoms with van der Waals surface area (Å²) in [4.78, 5) is 42.0. The molecule has 8 rings (SSSR count). The minimum Gasteiger partial charge on any atom is -0.324 e. The number of alkyl halides is 1. The molecule has 2 atom stereocenters. The van der Waals surface area contributed by atoms with Crippen molar-refractivity contribution in [1.29, 1.82) is 0 Å². The van der Waals surface area contributed by atoms with Gasteiger partial charge in [-0.1, -0.05) is 101 Å². The standard InChI is InChI=1S/C30H21BrN2O3/c31-30-21-13-5-3-11-19(21)25(20-12-4-6-14-22(20)30)26-27(30)29(36)33(28(26)35)16-24(34)32-23-15-7-9-17-8-1-2-10-18(17)23/h1-15,25-27H,16H2,(H,32,34)/t25?,26-,27+,30?/m0/s1. The van der Waals surface area contributed by atoms with Gasteiger partial charge in [-0.05, 0) is 33.7 Å². The molecule has 1 saturated heterocycles. The van der Waals surface area contributed by atoms with E-state index in [4.69, 9.17) is 0 Å². The van der Waals surface area contributed by atoms with Crippen LogP contribution in [0, 0.1) is 11.8 Å². The Morgan fingerprint density at radius 1 is 0.806 bits per heavy atom. The van der Waals surface area contributed by atoms with Gasteiger partial charge in [-0.2, -0.15) is 0 Å². The Bertz CT molecular complexity index is 1560. The van der Waals surface area contributed by atoms with E-state index in [0.29, 0.717) is 5.69 Å². The van der Waals surface area contributed by atoms with Crippen LogP contribution in [0.3, 0.4) is 0 Å². The van der Waals surface area contributed by atoms with Gasteiger partial charge in [0.25, 0.3) is 0 Å². The number of fused-ring (bicyclic) bond motifs is 1. The van der Waals surface area contributed by atoms with E-state index in [0.717, 1.165) is 37.9 Å². The number of rotatable bonds is 3. The molecule has 0 saturated carbocycles. The lowest BCUT2D eigenvalue weighted by atomic mass is 9.55. The molecule has 1 fully saturated rings. The number of hydrogen-bond donors (Lipinski definition) is 1. The Morgan fingerprint density at radius 2 is 1.42 bits per heavy atom. The average Bonchev–Trinajstić information content (AvgIpc) is 3.15. The first-order chi connectivity index (χ1) is 17.5. The number of halogens is 1. The smallest absolute Gasteiger partial charge is 0.244 e. The fourth-order valence-corrected chi connectivity index (χ4v) is 7.77. The molecule has 4 aliphatic rings. The van der Waals surface area contributed by atoms with Gasteiger partial charge >= 0.3 is 0 Å². The van der Waals surface area contributed by atoms with E-state index in [1.807, 2.05) is 78.9 Å². The van der Waals surface area contributed by atoms with Crippen LogP contribution in [0.15, 0.2) is 91.0 Å². The third-order valence-corrected chi connectivity index (χ3v) is 9.32. The molecule has 0 radical (unpaired) electrons. The summed E-state index contributed by atoms with van der Waals surface area (Å²) in [6, 6.07) is 29.5. The van der Waals surface area contributed by atoms with E-state index in [1.54, 1.807) is 0 Å². The van der Waals surface area contributed by atoms with Gasteiger partial charge in [-0.3, -0.25) is 19.3 Å². The Hall–Kier alpha value is -3.77. The fraction of sp³-hybridized carbons (Fsp3) is 0.167. The molecule has 6 heteroatoms. The Morgan fingerprint density at radius 3 is 2.14 bits per heavy atom.